The van der Waals surface area contributed by atoms with Gasteiger partial charge >= 0.3 is 5.97 Å². The normalized spacial score (nSPS) is 14.7. The number of amides is 3. The number of nitrogens with one attached hydrogen (secondary N) is 3. The summed E-state index contributed by atoms with van der Waals surface area (Å²) in [6.45, 7) is 15.7. The molecule has 2 aromatic rings. The molecule has 0 radical (unpaired) electrons. The van der Waals surface area contributed by atoms with Gasteiger partial charge < -0.3 is 30.5 Å². The van der Waals surface area contributed by atoms with Crippen molar-refractivity contribution in [2.75, 3.05) is 20.6 Å². The second kappa shape index (κ2) is 14.9. The number of fused-ring (bicyclic) bond motifs is 1. The van der Waals surface area contributed by atoms with Crippen LogP contribution < -0.4 is 16.0 Å². The van der Waals surface area contributed by atoms with Crippen LogP contribution in [0.3, 0.4) is 0 Å². The lowest BCUT2D eigenvalue weighted by molar-refractivity contribution is -0.141. The summed E-state index contributed by atoms with van der Waals surface area (Å²) in [5.41, 5.74) is 1.32. The summed E-state index contributed by atoms with van der Waals surface area (Å²) in [7, 11) is 5.44. The molecule has 0 aliphatic carbocycles. The third-order valence-electron chi connectivity index (χ3n) is 8.37. The van der Waals surface area contributed by atoms with Crippen molar-refractivity contribution >= 4 is 34.6 Å². The lowest BCUT2D eigenvalue weighted by Crippen LogP contribution is -2.61. The van der Waals surface area contributed by atoms with E-state index in [0.717, 1.165) is 16.5 Å². The fraction of sp³-hybridized carbons (Fsp3) is 0.588. The standard InChI is InChI=1S/C34H53N5O5/c1-21(2)26(19-22(3)30(42)36-18-14-17-27(40)41)39(11)32(44)29(33(4,5)6)37-31(43)28(35-9)34(7,8)24-20-38(10)25-16-13-12-15-23(24)25/h12-13,15-16,19-21,26,28-29,35H,14,17-18H2,1-11H3,(H,36,42)(H,37,43)(H,40,41)/b22-19+/t26-,28-,29?/m1/s1. The fourth-order valence-corrected chi connectivity index (χ4v) is 5.72. The Morgan fingerprint density at radius 1 is 1.05 bits per heavy atom. The maximum absolute atomic E-state index is 14.1. The Morgan fingerprint density at radius 2 is 1.66 bits per heavy atom. The Balaban J connectivity index is 2.33. The highest BCUT2D eigenvalue weighted by Gasteiger charge is 2.42. The van der Waals surface area contributed by atoms with Crippen LogP contribution in [-0.4, -0.2) is 77.0 Å². The average Bonchev–Trinajstić information content (AvgIpc) is 3.28. The molecule has 10 heteroatoms. The second-order valence-corrected chi connectivity index (χ2v) is 13.7. The summed E-state index contributed by atoms with van der Waals surface area (Å²) in [4.78, 5) is 53.2. The number of aliphatic carboxylic acids is 1. The van der Waals surface area contributed by atoms with Crippen molar-refractivity contribution in [2.24, 2.45) is 18.4 Å². The number of hydrogen-bond donors (Lipinski definition) is 4. The first-order valence-electron chi connectivity index (χ1n) is 15.3. The number of carboxylic acid groups (broad SMARTS) is 1. The molecule has 0 aliphatic rings. The Kier molecular flexibility index (Phi) is 12.4. The molecule has 1 heterocycles. The molecular formula is C34H53N5O5. The number of nitrogens with zero attached hydrogens (tertiary/aromatic N) is 2. The molecule has 0 saturated carbocycles. The van der Waals surface area contributed by atoms with Crippen LogP contribution >= 0.6 is 0 Å². The van der Waals surface area contributed by atoms with Gasteiger partial charge in [-0.2, -0.15) is 0 Å². The van der Waals surface area contributed by atoms with Crippen LogP contribution in [0.1, 0.15) is 73.8 Å². The minimum atomic E-state index is -0.912. The predicted octanol–water partition coefficient (Wildman–Crippen LogP) is 3.99. The number of hydrogen-bond acceptors (Lipinski definition) is 5. The highest BCUT2D eigenvalue weighted by atomic mass is 16.4. The van der Waals surface area contributed by atoms with Crippen LogP contribution in [0.15, 0.2) is 42.1 Å². The molecule has 0 bridgehead atoms. The summed E-state index contributed by atoms with van der Waals surface area (Å²) in [5.74, 6) is -1.78. The first-order chi connectivity index (χ1) is 20.3. The Hall–Kier alpha value is -3.66. The molecule has 3 amide bonds. The van der Waals surface area contributed by atoms with Gasteiger partial charge in [0.15, 0.2) is 0 Å². The molecule has 0 fully saturated rings. The van der Waals surface area contributed by atoms with Crippen LogP contribution in [0.25, 0.3) is 10.9 Å². The van der Waals surface area contributed by atoms with Crippen molar-refractivity contribution < 1.29 is 24.3 Å². The molecule has 1 unspecified atom stereocenters. The van der Waals surface area contributed by atoms with Crippen molar-refractivity contribution in [3.63, 3.8) is 0 Å². The van der Waals surface area contributed by atoms with Crippen LogP contribution in [0.4, 0.5) is 0 Å². The van der Waals surface area contributed by atoms with Gasteiger partial charge in [-0.05, 0) is 43.4 Å². The number of carboxylic acids is 1. The van der Waals surface area contributed by atoms with E-state index in [1.54, 1.807) is 32.0 Å². The molecular weight excluding hydrogens is 558 g/mol. The summed E-state index contributed by atoms with van der Waals surface area (Å²) < 4.78 is 2.06. The smallest absolute Gasteiger partial charge is 0.303 e. The molecule has 1 aromatic heterocycles. The van der Waals surface area contributed by atoms with Gasteiger partial charge in [-0.3, -0.25) is 19.2 Å². The number of aromatic nitrogens is 1. The first-order valence-corrected chi connectivity index (χ1v) is 15.3. The van der Waals surface area contributed by atoms with Gasteiger partial charge in [0.25, 0.3) is 0 Å². The Labute approximate surface area is 262 Å². The molecule has 3 atom stereocenters. The highest BCUT2D eigenvalue weighted by Crippen LogP contribution is 2.35. The lowest BCUT2D eigenvalue weighted by Gasteiger charge is -2.39. The minimum absolute atomic E-state index is 0.0228. The maximum Gasteiger partial charge on any atom is 0.303 e. The zero-order valence-electron chi connectivity index (χ0n) is 28.4. The first kappa shape index (κ1) is 36.5. The third kappa shape index (κ3) is 8.71. The summed E-state index contributed by atoms with van der Waals surface area (Å²) >= 11 is 0. The van der Waals surface area contributed by atoms with E-state index in [1.807, 2.05) is 67.6 Å². The molecule has 1 aromatic carbocycles. The Bertz CT molecular complexity index is 1370. The van der Waals surface area contributed by atoms with E-state index in [4.69, 9.17) is 5.11 Å². The fourth-order valence-electron chi connectivity index (χ4n) is 5.72. The van der Waals surface area contributed by atoms with E-state index in [1.165, 1.54) is 0 Å². The number of rotatable bonds is 14. The van der Waals surface area contributed by atoms with Crippen molar-refractivity contribution in [3.8, 4) is 0 Å². The number of benzene rings is 1. The number of aryl methyl sites for hydroxylation is 1. The number of carbonyl (C=O) groups is 4. The summed E-state index contributed by atoms with van der Waals surface area (Å²) in [5, 5.41) is 18.9. The maximum atomic E-state index is 14.1. The van der Waals surface area contributed by atoms with E-state index in [0.29, 0.717) is 12.0 Å². The largest absolute Gasteiger partial charge is 0.481 e. The summed E-state index contributed by atoms with van der Waals surface area (Å²) in [6, 6.07) is 6.21. The highest BCUT2D eigenvalue weighted by molar-refractivity contribution is 5.94. The zero-order valence-corrected chi connectivity index (χ0v) is 28.4. The van der Waals surface area contributed by atoms with Gasteiger partial charge in [0, 0.05) is 55.1 Å². The SMILES string of the molecule is CN[C@H](C(=O)NC(C(=O)N(C)[C@H](/C=C(\C)C(=O)NCCCC(=O)O)C(C)C)C(C)(C)C)C(C)(C)c1cn(C)c2ccccc12. The molecule has 2 rings (SSSR count). The van der Waals surface area contributed by atoms with E-state index >= 15 is 0 Å². The van der Waals surface area contributed by atoms with Crippen molar-refractivity contribution in [1.29, 1.82) is 0 Å². The number of likely N-dealkylation sites (N-methyl/N-ethyl adjacent to an activating group) is 2. The average molecular weight is 612 g/mol. The Morgan fingerprint density at radius 3 is 2.20 bits per heavy atom. The monoisotopic (exact) mass is 611 g/mol. The molecule has 4 N–H and O–H groups in total. The quantitative estimate of drug-likeness (QED) is 0.189. The summed E-state index contributed by atoms with van der Waals surface area (Å²) in [6.07, 6.45) is 4.13. The zero-order chi connectivity index (χ0) is 33.6. The van der Waals surface area contributed by atoms with Gasteiger partial charge in [0.05, 0.1) is 12.1 Å². The lowest BCUT2D eigenvalue weighted by atomic mass is 9.76. The second-order valence-electron chi connectivity index (χ2n) is 13.7. The molecule has 0 aliphatic heterocycles. The van der Waals surface area contributed by atoms with Crippen LogP contribution in [-0.2, 0) is 31.6 Å². The van der Waals surface area contributed by atoms with Crippen molar-refractivity contribution in [1.82, 2.24) is 25.4 Å². The van der Waals surface area contributed by atoms with Gasteiger partial charge in [0.1, 0.15) is 6.04 Å². The van der Waals surface area contributed by atoms with Crippen molar-refractivity contribution in [2.45, 2.75) is 91.8 Å². The molecule has 244 valence electrons. The number of para-hydroxylation sites is 1. The predicted molar refractivity (Wildman–Crippen MR) is 175 cm³/mol. The van der Waals surface area contributed by atoms with Crippen molar-refractivity contribution in [3.05, 3.63) is 47.7 Å². The van der Waals surface area contributed by atoms with Gasteiger partial charge in [-0.15, -0.1) is 0 Å². The molecule has 44 heavy (non-hydrogen) atoms. The van der Waals surface area contributed by atoms with Gasteiger partial charge in [-0.1, -0.05) is 72.7 Å². The van der Waals surface area contributed by atoms with Crippen LogP contribution in [0.5, 0.6) is 0 Å². The topological polar surface area (TPSA) is 133 Å². The van der Waals surface area contributed by atoms with Gasteiger partial charge in [0.2, 0.25) is 17.7 Å². The van der Waals surface area contributed by atoms with Crippen LogP contribution in [0.2, 0.25) is 0 Å². The van der Waals surface area contributed by atoms with E-state index in [2.05, 4.69) is 38.8 Å². The molecule has 10 nitrogen and oxygen atoms in total. The molecule has 0 saturated heterocycles. The minimum Gasteiger partial charge on any atom is -0.481 e. The third-order valence-corrected chi connectivity index (χ3v) is 8.37. The number of carbonyl (C=O) groups excluding carboxylic acids is 3. The van der Waals surface area contributed by atoms with E-state index < -0.39 is 34.9 Å². The van der Waals surface area contributed by atoms with E-state index in [-0.39, 0.29) is 36.6 Å². The molecule has 0 spiro atoms. The van der Waals surface area contributed by atoms with E-state index in [9.17, 15) is 19.2 Å². The van der Waals surface area contributed by atoms with Gasteiger partial charge in [-0.25, -0.2) is 0 Å². The van der Waals surface area contributed by atoms with Crippen LogP contribution in [0, 0.1) is 11.3 Å².